The van der Waals surface area contributed by atoms with Crippen LogP contribution in [0.2, 0.25) is 0 Å². The van der Waals surface area contributed by atoms with Crippen molar-refractivity contribution in [2.45, 2.75) is 45.6 Å². The SMILES string of the molecule is CCC(C)Oc1ccc(NC(=O)C2CC23CCNCC3)cc1. The molecule has 1 amide bonds. The molecule has 120 valence electrons. The zero-order valence-electron chi connectivity index (χ0n) is 13.5. The number of ether oxygens (including phenoxy) is 1. The molecule has 0 bridgehead atoms. The van der Waals surface area contributed by atoms with Crippen LogP contribution in [0.25, 0.3) is 0 Å². The minimum absolute atomic E-state index is 0.178. The van der Waals surface area contributed by atoms with Crippen LogP contribution in [0, 0.1) is 11.3 Å². The van der Waals surface area contributed by atoms with Gasteiger partial charge in [0.15, 0.2) is 0 Å². The van der Waals surface area contributed by atoms with E-state index in [1.54, 1.807) is 0 Å². The van der Waals surface area contributed by atoms with Crippen molar-refractivity contribution in [2.24, 2.45) is 11.3 Å². The van der Waals surface area contributed by atoms with E-state index in [4.69, 9.17) is 4.74 Å². The zero-order valence-corrected chi connectivity index (χ0v) is 13.5. The molecule has 2 N–H and O–H groups in total. The summed E-state index contributed by atoms with van der Waals surface area (Å²) in [5.74, 6) is 1.23. The number of hydrogen-bond donors (Lipinski definition) is 2. The van der Waals surface area contributed by atoms with Gasteiger partial charge < -0.3 is 15.4 Å². The van der Waals surface area contributed by atoms with E-state index in [9.17, 15) is 4.79 Å². The van der Waals surface area contributed by atoms with Crippen LogP contribution in [0.3, 0.4) is 0 Å². The molecular weight excluding hydrogens is 276 g/mol. The molecule has 1 aliphatic heterocycles. The Morgan fingerprint density at radius 2 is 2.05 bits per heavy atom. The standard InChI is InChI=1S/C18H26N2O2/c1-3-13(2)22-15-6-4-14(5-7-15)20-17(21)16-12-18(16)8-10-19-11-9-18/h4-7,13,16,19H,3,8-12H2,1-2H3,(H,20,21). The van der Waals surface area contributed by atoms with Crippen LogP contribution < -0.4 is 15.4 Å². The van der Waals surface area contributed by atoms with Gasteiger partial charge in [-0.15, -0.1) is 0 Å². The van der Waals surface area contributed by atoms with E-state index in [1.165, 1.54) is 0 Å². The smallest absolute Gasteiger partial charge is 0.228 e. The molecule has 1 heterocycles. The average molecular weight is 302 g/mol. The number of benzene rings is 1. The van der Waals surface area contributed by atoms with Gasteiger partial charge in [-0.05, 0) is 75.4 Å². The second-order valence-corrected chi connectivity index (χ2v) is 6.72. The van der Waals surface area contributed by atoms with Crippen LogP contribution in [0.1, 0.15) is 39.5 Å². The first-order chi connectivity index (χ1) is 10.6. The molecule has 1 aromatic rings. The summed E-state index contributed by atoms with van der Waals surface area (Å²) in [7, 11) is 0. The van der Waals surface area contributed by atoms with Crippen LogP contribution in [0.15, 0.2) is 24.3 Å². The molecule has 4 heteroatoms. The molecule has 1 spiro atoms. The second kappa shape index (κ2) is 6.29. The third kappa shape index (κ3) is 3.27. The molecule has 2 aliphatic rings. The third-order valence-corrected chi connectivity index (χ3v) is 5.14. The maximum absolute atomic E-state index is 12.4. The van der Waals surface area contributed by atoms with Crippen LogP contribution in [0.4, 0.5) is 5.69 Å². The molecule has 1 aromatic carbocycles. The summed E-state index contributed by atoms with van der Waals surface area (Å²) in [5, 5.41) is 6.43. The normalized spacial score (nSPS) is 23.8. The van der Waals surface area contributed by atoms with E-state index in [0.29, 0.717) is 0 Å². The second-order valence-electron chi connectivity index (χ2n) is 6.72. The number of hydrogen-bond acceptors (Lipinski definition) is 3. The van der Waals surface area contributed by atoms with Gasteiger partial charge in [-0.25, -0.2) is 0 Å². The van der Waals surface area contributed by atoms with E-state index < -0.39 is 0 Å². The molecule has 2 unspecified atom stereocenters. The number of anilines is 1. The van der Waals surface area contributed by atoms with Crippen molar-refractivity contribution in [3.8, 4) is 5.75 Å². The zero-order chi connectivity index (χ0) is 15.6. The Morgan fingerprint density at radius 3 is 2.68 bits per heavy atom. The van der Waals surface area contributed by atoms with Gasteiger partial charge >= 0.3 is 0 Å². The first-order valence-electron chi connectivity index (χ1n) is 8.41. The van der Waals surface area contributed by atoms with Crippen LogP contribution in [0.5, 0.6) is 5.75 Å². The lowest BCUT2D eigenvalue weighted by Crippen LogP contribution is -2.31. The molecule has 1 saturated heterocycles. The molecule has 4 nitrogen and oxygen atoms in total. The summed E-state index contributed by atoms with van der Waals surface area (Å²) >= 11 is 0. The molecule has 1 saturated carbocycles. The highest BCUT2D eigenvalue weighted by molar-refractivity contribution is 5.95. The number of carbonyl (C=O) groups is 1. The minimum atomic E-state index is 0.178. The average Bonchev–Trinajstić information content (AvgIpc) is 3.23. The molecular formula is C18H26N2O2. The number of carbonyl (C=O) groups excluding carboxylic acids is 1. The van der Waals surface area contributed by atoms with Crippen molar-refractivity contribution in [3.63, 3.8) is 0 Å². The van der Waals surface area contributed by atoms with Gasteiger partial charge in [0.1, 0.15) is 5.75 Å². The number of rotatable bonds is 5. The molecule has 3 rings (SSSR count). The maximum atomic E-state index is 12.4. The highest BCUT2D eigenvalue weighted by atomic mass is 16.5. The van der Waals surface area contributed by atoms with Crippen molar-refractivity contribution in [1.82, 2.24) is 5.32 Å². The molecule has 22 heavy (non-hydrogen) atoms. The van der Waals surface area contributed by atoms with Gasteiger partial charge in [0.2, 0.25) is 5.91 Å². The van der Waals surface area contributed by atoms with E-state index in [0.717, 1.165) is 50.2 Å². The Kier molecular flexibility index (Phi) is 4.39. The van der Waals surface area contributed by atoms with Gasteiger partial charge in [-0.3, -0.25) is 4.79 Å². The lowest BCUT2D eigenvalue weighted by molar-refractivity contribution is -0.118. The summed E-state index contributed by atoms with van der Waals surface area (Å²) < 4.78 is 5.75. The van der Waals surface area contributed by atoms with E-state index in [-0.39, 0.29) is 23.3 Å². The highest BCUT2D eigenvalue weighted by Gasteiger charge is 2.57. The summed E-state index contributed by atoms with van der Waals surface area (Å²) in [4.78, 5) is 12.4. The molecule has 0 aromatic heterocycles. The van der Waals surface area contributed by atoms with E-state index >= 15 is 0 Å². The quantitative estimate of drug-likeness (QED) is 0.878. The van der Waals surface area contributed by atoms with Gasteiger partial charge in [0.05, 0.1) is 6.10 Å². The van der Waals surface area contributed by atoms with Gasteiger partial charge in [-0.2, -0.15) is 0 Å². The fourth-order valence-electron chi connectivity index (χ4n) is 3.36. The lowest BCUT2D eigenvalue weighted by Gasteiger charge is -2.23. The fraction of sp³-hybridized carbons (Fsp3) is 0.611. The summed E-state index contributed by atoms with van der Waals surface area (Å²) in [6.07, 6.45) is 4.51. The Labute approximate surface area is 132 Å². The van der Waals surface area contributed by atoms with E-state index in [1.807, 2.05) is 24.3 Å². The lowest BCUT2D eigenvalue weighted by atomic mass is 9.92. The van der Waals surface area contributed by atoms with E-state index in [2.05, 4.69) is 24.5 Å². The summed E-state index contributed by atoms with van der Waals surface area (Å²) in [5.41, 5.74) is 1.15. The predicted molar refractivity (Wildman–Crippen MR) is 88.1 cm³/mol. The van der Waals surface area contributed by atoms with Gasteiger partial charge in [0.25, 0.3) is 0 Å². The molecule has 2 fully saturated rings. The Bertz CT molecular complexity index is 520. The Hall–Kier alpha value is -1.55. The van der Waals surface area contributed by atoms with Crippen molar-refractivity contribution in [2.75, 3.05) is 18.4 Å². The van der Waals surface area contributed by atoms with Crippen LogP contribution in [-0.4, -0.2) is 25.1 Å². The van der Waals surface area contributed by atoms with Crippen molar-refractivity contribution in [1.29, 1.82) is 0 Å². The van der Waals surface area contributed by atoms with Crippen molar-refractivity contribution < 1.29 is 9.53 Å². The maximum Gasteiger partial charge on any atom is 0.228 e. The van der Waals surface area contributed by atoms with Gasteiger partial charge in [0, 0.05) is 11.6 Å². The fourth-order valence-corrected chi connectivity index (χ4v) is 3.36. The molecule has 1 aliphatic carbocycles. The highest BCUT2D eigenvalue weighted by Crippen LogP contribution is 2.58. The number of amides is 1. The van der Waals surface area contributed by atoms with Gasteiger partial charge in [-0.1, -0.05) is 6.92 Å². The third-order valence-electron chi connectivity index (χ3n) is 5.14. The topological polar surface area (TPSA) is 50.4 Å². The van der Waals surface area contributed by atoms with Crippen LogP contribution >= 0.6 is 0 Å². The Morgan fingerprint density at radius 1 is 1.36 bits per heavy atom. The van der Waals surface area contributed by atoms with Crippen molar-refractivity contribution in [3.05, 3.63) is 24.3 Å². The predicted octanol–water partition coefficient (Wildman–Crippen LogP) is 3.19. The molecule has 2 atom stereocenters. The molecule has 0 radical (unpaired) electrons. The first-order valence-corrected chi connectivity index (χ1v) is 8.41. The summed E-state index contributed by atoms with van der Waals surface area (Å²) in [6.45, 7) is 6.25. The first kappa shape index (κ1) is 15.3. The van der Waals surface area contributed by atoms with Crippen molar-refractivity contribution >= 4 is 11.6 Å². The monoisotopic (exact) mass is 302 g/mol. The number of nitrogens with one attached hydrogen (secondary N) is 2. The summed E-state index contributed by atoms with van der Waals surface area (Å²) in [6, 6.07) is 7.70. The largest absolute Gasteiger partial charge is 0.491 e. The minimum Gasteiger partial charge on any atom is -0.491 e. The van der Waals surface area contributed by atoms with Crippen LogP contribution in [-0.2, 0) is 4.79 Å². The number of piperidine rings is 1. The Balaban J connectivity index is 1.54.